The fourth-order valence-corrected chi connectivity index (χ4v) is 2.09. The van der Waals surface area contributed by atoms with Gasteiger partial charge in [-0.1, -0.05) is 0 Å². The van der Waals surface area contributed by atoms with E-state index in [9.17, 15) is 0 Å². The highest BCUT2D eigenvalue weighted by Crippen LogP contribution is 2.25. The Labute approximate surface area is 102 Å². The molecule has 0 fully saturated rings. The summed E-state index contributed by atoms with van der Waals surface area (Å²) in [5.41, 5.74) is 7.80. The van der Waals surface area contributed by atoms with E-state index in [1.54, 1.807) is 24.8 Å². The highest BCUT2D eigenvalue weighted by Gasteiger charge is 2.18. The third-order valence-corrected chi connectivity index (χ3v) is 2.94. The van der Waals surface area contributed by atoms with Crippen LogP contribution in [-0.2, 0) is 6.54 Å². The van der Waals surface area contributed by atoms with Gasteiger partial charge in [0.05, 0.1) is 34.3 Å². The molecule has 0 bridgehead atoms. The normalized spacial score (nSPS) is 12.7. The minimum Gasteiger partial charge on any atom is -0.318 e. The maximum absolute atomic E-state index is 6.14. The van der Waals surface area contributed by atoms with E-state index >= 15 is 0 Å². The molecule has 0 saturated heterocycles. The topological polar surface area (TPSA) is 69.6 Å². The van der Waals surface area contributed by atoms with Crippen molar-refractivity contribution in [1.82, 2.24) is 19.7 Å². The van der Waals surface area contributed by atoms with Crippen molar-refractivity contribution in [3.05, 3.63) is 40.6 Å². The average molecular weight is 282 g/mol. The Hall–Kier alpha value is -1.27. The van der Waals surface area contributed by atoms with Crippen LogP contribution in [0.4, 0.5) is 0 Å². The molecule has 2 aromatic heterocycles. The SMILES string of the molecule is CCn1ncc(Br)c1C(N)c1cnccn1. The highest BCUT2D eigenvalue weighted by atomic mass is 79.9. The summed E-state index contributed by atoms with van der Waals surface area (Å²) in [4.78, 5) is 8.22. The molecule has 1 atom stereocenters. The molecule has 5 nitrogen and oxygen atoms in total. The van der Waals surface area contributed by atoms with Gasteiger partial charge in [-0.25, -0.2) is 0 Å². The van der Waals surface area contributed by atoms with Crippen LogP contribution in [-0.4, -0.2) is 19.7 Å². The Kier molecular flexibility index (Phi) is 3.31. The Morgan fingerprint density at radius 3 is 2.88 bits per heavy atom. The first-order valence-corrected chi connectivity index (χ1v) is 5.76. The maximum Gasteiger partial charge on any atom is 0.0924 e. The second-order valence-electron chi connectivity index (χ2n) is 3.30. The molecule has 84 valence electrons. The lowest BCUT2D eigenvalue weighted by Crippen LogP contribution is -2.19. The molecule has 0 saturated carbocycles. The lowest BCUT2D eigenvalue weighted by atomic mass is 10.1. The molecule has 16 heavy (non-hydrogen) atoms. The zero-order valence-corrected chi connectivity index (χ0v) is 10.4. The Balaban J connectivity index is 2.41. The third kappa shape index (κ3) is 1.98. The minimum absolute atomic E-state index is 0.314. The second kappa shape index (κ2) is 4.71. The first kappa shape index (κ1) is 11.2. The first-order valence-electron chi connectivity index (χ1n) is 4.96. The van der Waals surface area contributed by atoms with Crippen molar-refractivity contribution in [3.63, 3.8) is 0 Å². The number of rotatable bonds is 3. The first-order chi connectivity index (χ1) is 7.74. The molecule has 0 spiro atoms. The van der Waals surface area contributed by atoms with Gasteiger partial charge < -0.3 is 5.73 Å². The molecule has 0 amide bonds. The summed E-state index contributed by atoms with van der Waals surface area (Å²) < 4.78 is 2.75. The van der Waals surface area contributed by atoms with Gasteiger partial charge in [0.15, 0.2) is 0 Å². The molecule has 2 rings (SSSR count). The molecule has 1 unspecified atom stereocenters. The molecule has 0 radical (unpaired) electrons. The van der Waals surface area contributed by atoms with Crippen LogP contribution in [0.5, 0.6) is 0 Å². The van der Waals surface area contributed by atoms with Crippen LogP contribution in [0.15, 0.2) is 29.3 Å². The predicted octanol–water partition coefficient (Wildman–Crippen LogP) is 1.50. The number of hydrogen-bond donors (Lipinski definition) is 1. The molecule has 0 aliphatic rings. The van der Waals surface area contributed by atoms with Gasteiger partial charge in [0.2, 0.25) is 0 Å². The van der Waals surface area contributed by atoms with E-state index in [1.165, 1.54) is 0 Å². The standard InChI is InChI=1S/C10H12BrN5/c1-2-16-10(7(11)5-15-16)9(12)8-6-13-3-4-14-8/h3-6,9H,2,12H2,1H3. The molecular weight excluding hydrogens is 270 g/mol. The van der Waals surface area contributed by atoms with Crippen molar-refractivity contribution in [2.24, 2.45) is 5.73 Å². The number of aryl methyl sites for hydroxylation is 1. The van der Waals surface area contributed by atoms with Gasteiger partial charge in [0.25, 0.3) is 0 Å². The molecular formula is C10H12BrN5. The van der Waals surface area contributed by atoms with Crippen molar-refractivity contribution >= 4 is 15.9 Å². The Morgan fingerprint density at radius 2 is 2.25 bits per heavy atom. The van der Waals surface area contributed by atoms with Gasteiger partial charge in [0, 0.05) is 18.9 Å². The van der Waals surface area contributed by atoms with E-state index in [1.807, 2.05) is 11.6 Å². The molecule has 2 aromatic rings. The molecule has 2 N–H and O–H groups in total. The maximum atomic E-state index is 6.14. The van der Waals surface area contributed by atoms with Crippen molar-refractivity contribution in [3.8, 4) is 0 Å². The summed E-state index contributed by atoms with van der Waals surface area (Å²) in [5, 5.41) is 4.22. The number of nitrogens with zero attached hydrogens (tertiary/aromatic N) is 4. The fourth-order valence-electron chi connectivity index (χ4n) is 1.54. The number of aromatic nitrogens is 4. The van der Waals surface area contributed by atoms with Crippen molar-refractivity contribution in [1.29, 1.82) is 0 Å². The van der Waals surface area contributed by atoms with Crippen LogP contribution in [0.3, 0.4) is 0 Å². The molecule has 2 heterocycles. The van der Waals surface area contributed by atoms with E-state index in [0.29, 0.717) is 0 Å². The van der Waals surface area contributed by atoms with Gasteiger partial charge in [-0.05, 0) is 22.9 Å². The highest BCUT2D eigenvalue weighted by molar-refractivity contribution is 9.10. The summed E-state index contributed by atoms with van der Waals surface area (Å²) in [6.07, 6.45) is 6.68. The van der Waals surface area contributed by atoms with Crippen LogP contribution in [0.25, 0.3) is 0 Å². The molecule has 6 heteroatoms. The number of nitrogens with two attached hydrogens (primary N) is 1. The van der Waals surface area contributed by atoms with E-state index in [4.69, 9.17) is 5.73 Å². The fraction of sp³-hybridized carbons (Fsp3) is 0.300. The smallest absolute Gasteiger partial charge is 0.0924 e. The van der Waals surface area contributed by atoms with Gasteiger partial charge in [0.1, 0.15) is 0 Å². The third-order valence-electron chi connectivity index (χ3n) is 2.33. The molecule has 0 aliphatic heterocycles. The van der Waals surface area contributed by atoms with Crippen molar-refractivity contribution < 1.29 is 0 Å². The second-order valence-corrected chi connectivity index (χ2v) is 4.16. The van der Waals surface area contributed by atoms with Gasteiger partial charge in [-0.15, -0.1) is 0 Å². The molecule has 0 aliphatic carbocycles. The monoisotopic (exact) mass is 281 g/mol. The molecule has 0 aromatic carbocycles. The minimum atomic E-state index is -0.314. The summed E-state index contributed by atoms with van der Waals surface area (Å²) in [6.45, 7) is 2.79. The van der Waals surface area contributed by atoms with Gasteiger partial charge in [-0.3, -0.25) is 14.6 Å². The lowest BCUT2D eigenvalue weighted by Gasteiger charge is -2.13. The van der Waals surface area contributed by atoms with E-state index in [0.717, 1.165) is 22.4 Å². The van der Waals surface area contributed by atoms with Crippen LogP contribution >= 0.6 is 15.9 Å². The number of hydrogen-bond acceptors (Lipinski definition) is 4. The summed E-state index contributed by atoms with van der Waals surface area (Å²) >= 11 is 3.44. The summed E-state index contributed by atoms with van der Waals surface area (Å²) in [5.74, 6) is 0. The zero-order valence-electron chi connectivity index (χ0n) is 8.84. The van der Waals surface area contributed by atoms with Gasteiger partial charge in [-0.2, -0.15) is 5.10 Å². The van der Waals surface area contributed by atoms with Crippen LogP contribution in [0, 0.1) is 0 Å². The number of halogens is 1. The zero-order chi connectivity index (χ0) is 11.5. The largest absolute Gasteiger partial charge is 0.318 e. The van der Waals surface area contributed by atoms with Gasteiger partial charge >= 0.3 is 0 Å². The Bertz CT molecular complexity index is 467. The van der Waals surface area contributed by atoms with Crippen molar-refractivity contribution in [2.45, 2.75) is 19.5 Å². The van der Waals surface area contributed by atoms with E-state index < -0.39 is 0 Å². The van der Waals surface area contributed by atoms with Crippen LogP contribution in [0.1, 0.15) is 24.4 Å². The average Bonchev–Trinajstić information content (AvgIpc) is 2.70. The summed E-state index contributed by atoms with van der Waals surface area (Å²) in [7, 11) is 0. The van der Waals surface area contributed by atoms with E-state index in [2.05, 4.69) is 31.0 Å². The van der Waals surface area contributed by atoms with Crippen molar-refractivity contribution in [2.75, 3.05) is 0 Å². The van der Waals surface area contributed by atoms with E-state index in [-0.39, 0.29) is 6.04 Å². The summed E-state index contributed by atoms with van der Waals surface area (Å²) in [6, 6.07) is -0.314. The van der Waals surface area contributed by atoms with Crippen LogP contribution < -0.4 is 5.73 Å². The quantitative estimate of drug-likeness (QED) is 0.926. The lowest BCUT2D eigenvalue weighted by molar-refractivity contribution is 0.594. The predicted molar refractivity (Wildman–Crippen MR) is 63.7 cm³/mol. The Morgan fingerprint density at radius 1 is 1.44 bits per heavy atom. The van der Waals surface area contributed by atoms with Crippen LogP contribution in [0.2, 0.25) is 0 Å².